The van der Waals surface area contributed by atoms with Crippen LogP contribution in [-0.2, 0) is 6.54 Å². The van der Waals surface area contributed by atoms with Crippen molar-refractivity contribution in [1.29, 1.82) is 0 Å². The lowest BCUT2D eigenvalue weighted by molar-refractivity contribution is 0.0697. The van der Waals surface area contributed by atoms with Crippen molar-refractivity contribution < 1.29 is 9.90 Å². The van der Waals surface area contributed by atoms with Crippen LogP contribution in [0.3, 0.4) is 0 Å². The van der Waals surface area contributed by atoms with Gasteiger partial charge in [-0.15, -0.1) is 17.7 Å². The van der Waals surface area contributed by atoms with E-state index in [2.05, 4.69) is 36.6 Å². The molecule has 2 aromatic carbocycles. The highest BCUT2D eigenvalue weighted by Crippen LogP contribution is 2.25. The number of nitrogens with zero attached hydrogens (tertiary/aromatic N) is 3. The minimum Gasteiger partial charge on any atom is -0.478 e. The molecule has 5 nitrogen and oxygen atoms in total. The van der Waals surface area contributed by atoms with Gasteiger partial charge < -0.3 is 5.11 Å². The third kappa shape index (κ3) is 3.80. The Bertz CT molecular complexity index is 919. The van der Waals surface area contributed by atoms with Gasteiger partial charge in [0.15, 0.2) is 0 Å². The third-order valence-electron chi connectivity index (χ3n) is 4.50. The van der Waals surface area contributed by atoms with E-state index < -0.39 is 5.97 Å². The Kier molecular flexibility index (Phi) is 5.42. The smallest absolute Gasteiger partial charge is 0.336 e. The second-order valence-electron chi connectivity index (χ2n) is 6.28. The van der Waals surface area contributed by atoms with Crippen molar-refractivity contribution in [3.8, 4) is 11.1 Å². The number of carboxylic acids is 1. The number of rotatable bonds is 6. The van der Waals surface area contributed by atoms with Crippen LogP contribution in [0.25, 0.3) is 11.1 Å². The quantitative estimate of drug-likeness (QED) is 0.630. The molecule has 0 spiro atoms. The Morgan fingerprint density at radius 3 is 2.54 bits per heavy atom. The Hall–Kier alpha value is -2.60. The molecule has 3 rings (SSSR count). The molecule has 0 amide bonds. The summed E-state index contributed by atoms with van der Waals surface area (Å²) >= 11 is 4.27. The summed E-state index contributed by atoms with van der Waals surface area (Å²) in [5, 5.41) is 14.2. The van der Waals surface area contributed by atoms with E-state index in [9.17, 15) is 9.90 Å². The van der Waals surface area contributed by atoms with Gasteiger partial charge >= 0.3 is 5.97 Å². The van der Waals surface area contributed by atoms with E-state index >= 15 is 0 Å². The molecular formula is C20H21N3O2S. The van der Waals surface area contributed by atoms with E-state index in [-0.39, 0.29) is 0 Å². The zero-order chi connectivity index (χ0) is 18.7. The van der Waals surface area contributed by atoms with Gasteiger partial charge in [-0.3, -0.25) is 0 Å². The first kappa shape index (κ1) is 18.2. The van der Waals surface area contributed by atoms with E-state index in [1.54, 1.807) is 12.1 Å². The fraction of sp³-hybridized carbons (Fsp3) is 0.250. The lowest BCUT2D eigenvalue weighted by Gasteiger charge is -2.11. The van der Waals surface area contributed by atoms with E-state index in [1.165, 1.54) is 0 Å². The topological polar surface area (TPSA) is 68.0 Å². The van der Waals surface area contributed by atoms with Crippen molar-refractivity contribution in [2.24, 2.45) is 0 Å². The average molecular weight is 367 g/mol. The second-order valence-corrected chi connectivity index (χ2v) is 6.68. The maximum absolute atomic E-state index is 11.4. The second kappa shape index (κ2) is 7.74. The van der Waals surface area contributed by atoms with Crippen molar-refractivity contribution >= 4 is 18.6 Å². The molecule has 0 aliphatic rings. The Labute approximate surface area is 158 Å². The number of thiol groups is 1. The monoisotopic (exact) mass is 367 g/mol. The van der Waals surface area contributed by atoms with Gasteiger partial charge in [0.1, 0.15) is 5.82 Å². The SMILES string of the molecule is CCC(C)c1nc(S)nn1Cc1ccc(-c2ccccc2C(=O)O)cc1. The molecule has 0 aliphatic carbocycles. The first-order valence-electron chi connectivity index (χ1n) is 8.55. The average Bonchev–Trinajstić information content (AvgIpc) is 3.02. The summed E-state index contributed by atoms with van der Waals surface area (Å²) in [7, 11) is 0. The van der Waals surface area contributed by atoms with Gasteiger partial charge in [-0.2, -0.15) is 0 Å². The number of aromatic carboxylic acids is 1. The number of hydrogen-bond donors (Lipinski definition) is 2. The maximum atomic E-state index is 11.4. The zero-order valence-corrected chi connectivity index (χ0v) is 15.6. The molecule has 3 aromatic rings. The van der Waals surface area contributed by atoms with Crippen LogP contribution in [-0.4, -0.2) is 25.8 Å². The fourth-order valence-corrected chi connectivity index (χ4v) is 3.10. The number of hydrogen-bond acceptors (Lipinski definition) is 4. The molecule has 0 bridgehead atoms. The summed E-state index contributed by atoms with van der Waals surface area (Å²) in [4.78, 5) is 15.8. The summed E-state index contributed by atoms with van der Waals surface area (Å²) in [6.45, 7) is 4.85. The van der Waals surface area contributed by atoms with Crippen LogP contribution in [0.4, 0.5) is 0 Å². The van der Waals surface area contributed by atoms with Gasteiger partial charge in [-0.05, 0) is 29.2 Å². The van der Waals surface area contributed by atoms with Crippen LogP contribution < -0.4 is 0 Å². The van der Waals surface area contributed by atoms with E-state index in [4.69, 9.17) is 0 Å². The Balaban J connectivity index is 1.87. The molecule has 0 saturated carbocycles. The first-order valence-corrected chi connectivity index (χ1v) is 8.99. The first-order chi connectivity index (χ1) is 12.5. The van der Waals surface area contributed by atoms with Crippen LogP contribution in [0.1, 0.15) is 47.9 Å². The number of carbonyl (C=O) groups is 1. The van der Waals surface area contributed by atoms with E-state index in [1.807, 2.05) is 41.1 Å². The van der Waals surface area contributed by atoms with Crippen molar-refractivity contribution in [3.05, 3.63) is 65.5 Å². The van der Waals surface area contributed by atoms with E-state index in [0.29, 0.717) is 28.7 Å². The number of aromatic nitrogens is 3. The maximum Gasteiger partial charge on any atom is 0.336 e. The van der Waals surface area contributed by atoms with Crippen LogP contribution >= 0.6 is 12.6 Å². The lowest BCUT2D eigenvalue weighted by Crippen LogP contribution is -2.09. The molecule has 6 heteroatoms. The fourth-order valence-electron chi connectivity index (χ4n) is 2.89. The molecule has 0 aliphatic heterocycles. The molecular weight excluding hydrogens is 346 g/mol. The highest BCUT2D eigenvalue weighted by molar-refractivity contribution is 7.80. The highest BCUT2D eigenvalue weighted by Gasteiger charge is 2.15. The van der Waals surface area contributed by atoms with Gasteiger partial charge in [0.25, 0.3) is 0 Å². The van der Waals surface area contributed by atoms with Crippen molar-refractivity contribution in [2.45, 2.75) is 37.9 Å². The lowest BCUT2D eigenvalue weighted by atomic mass is 9.99. The molecule has 1 heterocycles. The molecule has 0 fully saturated rings. The molecule has 0 radical (unpaired) electrons. The molecule has 1 unspecified atom stereocenters. The number of carboxylic acid groups (broad SMARTS) is 1. The minimum atomic E-state index is -0.924. The molecule has 26 heavy (non-hydrogen) atoms. The third-order valence-corrected chi connectivity index (χ3v) is 4.69. The van der Waals surface area contributed by atoms with E-state index in [0.717, 1.165) is 23.4 Å². The predicted molar refractivity (Wildman–Crippen MR) is 104 cm³/mol. The molecule has 1 aromatic heterocycles. The number of benzene rings is 2. The Morgan fingerprint density at radius 2 is 1.88 bits per heavy atom. The molecule has 1 N–H and O–H groups in total. The molecule has 1 atom stereocenters. The predicted octanol–water partition coefficient (Wildman–Crippen LogP) is 4.49. The Morgan fingerprint density at radius 1 is 1.19 bits per heavy atom. The van der Waals surface area contributed by atoms with Gasteiger partial charge in [0.05, 0.1) is 12.1 Å². The minimum absolute atomic E-state index is 0.301. The van der Waals surface area contributed by atoms with Crippen molar-refractivity contribution in [3.63, 3.8) is 0 Å². The van der Waals surface area contributed by atoms with Gasteiger partial charge in [0, 0.05) is 5.92 Å². The summed E-state index contributed by atoms with van der Waals surface area (Å²) in [6, 6.07) is 14.9. The largest absolute Gasteiger partial charge is 0.478 e. The van der Waals surface area contributed by atoms with Crippen LogP contribution in [0.2, 0.25) is 0 Å². The molecule has 134 valence electrons. The zero-order valence-electron chi connectivity index (χ0n) is 14.8. The van der Waals surface area contributed by atoms with Gasteiger partial charge in [-0.25, -0.2) is 14.5 Å². The summed E-state index contributed by atoms with van der Waals surface area (Å²) < 4.78 is 1.89. The van der Waals surface area contributed by atoms with Gasteiger partial charge in [0.2, 0.25) is 5.16 Å². The normalized spacial score (nSPS) is 12.1. The summed E-state index contributed by atoms with van der Waals surface area (Å²) in [5.74, 6) is 0.315. The van der Waals surface area contributed by atoms with Crippen LogP contribution in [0, 0.1) is 0 Å². The standard InChI is InChI=1S/C20H21N3O2S/c1-3-13(2)18-21-20(26)22-23(18)12-14-8-10-15(11-9-14)16-6-4-5-7-17(16)19(24)25/h4-11,13H,3,12H2,1-2H3,(H,22,26)(H,24,25). The van der Waals surface area contributed by atoms with Crippen LogP contribution in [0.15, 0.2) is 53.7 Å². The van der Waals surface area contributed by atoms with Gasteiger partial charge in [-0.1, -0.05) is 56.3 Å². The van der Waals surface area contributed by atoms with Crippen LogP contribution in [0.5, 0.6) is 0 Å². The summed E-state index contributed by atoms with van der Waals surface area (Å²) in [5.41, 5.74) is 2.97. The molecule has 0 saturated heterocycles. The summed E-state index contributed by atoms with van der Waals surface area (Å²) in [6.07, 6.45) is 0.983. The van der Waals surface area contributed by atoms with Crippen molar-refractivity contribution in [2.75, 3.05) is 0 Å². The van der Waals surface area contributed by atoms with Crippen molar-refractivity contribution in [1.82, 2.24) is 14.8 Å². The highest BCUT2D eigenvalue weighted by atomic mass is 32.1.